The fourth-order valence-electron chi connectivity index (χ4n) is 1.83. The molecule has 96 valence electrons. The second kappa shape index (κ2) is 6.03. The number of aryl methyl sites for hydroxylation is 2. The maximum absolute atomic E-state index is 6.13. The number of nitrogens with two attached hydrogens (primary N) is 1. The predicted octanol–water partition coefficient (Wildman–Crippen LogP) is 3.83. The van der Waals surface area contributed by atoms with Gasteiger partial charge in [0.2, 0.25) is 0 Å². The zero-order valence-corrected chi connectivity index (χ0v) is 11.7. The maximum atomic E-state index is 6.13. The molecule has 2 aromatic rings. The highest BCUT2D eigenvalue weighted by molar-refractivity contribution is 7.10. The van der Waals surface area contributed by atoms with Gasteiger partial charge in [-0.25, -0.2) is 0 Å². The Morgan fingerprint density at radius 1 is 1.28 bits per heavy atom. The molecule has 2 N–H and O–H groups in total. The van der Waals surface area contributed by atoms with Gasteiger partial charge in [-0.05, 0) is 48.6 Å². The van der Waals surface area contributed by atoms with E-state index in [0.717, 1.165) is 12.2 Å². The van der Waals surface area contributed by atoms with Crippen LogP contribution in [0.4, 0.5) is 0 Å². The van der Waals surface area contributed by atoms with Crippen LogP contribution in [0.1, 0.15) is 28.5 Å². The molecule has 1 aromatic carbocycles. The zero-order chi connectivity index (χ0) is 13.0. The Bertz CT molecular complexity index is 507. The number of thiophene rings is 1. The predicted molar refractivity (Wildman–Crippen MR) is 77.3 cm³/mol. The molecule has 0 spiro atoms. The van der Waals surface area contributed by atoms with E-state index >= 15 is 0 Å². The van der Waals surface area contributed by atoms with Crippen LogP contribution in [0.2, 0.25) is 0 Å². The molecular formula is C15H19NOS. The van der Waals surface area contributed by atoms with Gasteiger partial charge in [-0.1, -0.05) is 12.1 Å². The highest BCUT2D eigenvalue weighted by Gasteiger charge is 2.07. The minimum Gasteiger partial charge on any atom is -0.494 e. The molecule has 0 saturated heterocycles. The average Bonchev–Trinajstić information content (AvgIpc) is 2.76. The Morgan fingerprint density at radius 3 is 2.78 bits per heavy atom. The van der Waals surface area contributed by atoms with Crippen molar-refractivity contribution in [2.24, 2.45) is 5.73 Å². The summed E-state index contributed by atoms with van der Waals surface area (Å²) in [4.78, 5) is 1.31. The fraction of sp³-hybridized carbons (Fsp3) is 0.333. The Kier molecular flexibility index (Phi) is 4.39. The number of rotatable bonds is 5. The Hall–Kier alpha value is -1.32. The second-order valence-corrected chi connectivity index (χ2v) is 5.67. The summed E-state index contributed by atoms with van der Waals surface area (Å²) < 4.78 is 5.71. The summed E-state index contributed by atoms with van der Waals surface area (Å²) in [5.41, 5.74) is 8.56. The van der Waals surface area contributed by atoms with Crippen molar-refractivity contribution in [1.82, 2.24) is 0 Å². The van der Waals surface area contributed by atoms with Gasteiger partial charge in [-0.2, -0.15) is 0 Å². The zero-order valence-electron chi connectivity index (χ0n) is 10.8. The number of benzene rings is 1. The Morgan fingerprint density at radius 2 is 2.11 bits per heavy atom. The van der Waals surface area contributed by atoms with Crippen LogP contribution in [0, 0.1) is 13.8 Å². The molecule has 18 heavy (non-hydrogen) atoms. The minimum absolute atomic E-state index is 0.0692. The normalized spacial score (nSPS) is 12.4. The van der Waals surface area contributed by atoms with Gasteiger partial charge in [-0.15, -0.1) is 11.3 Å². The van der Waals surface area contributed by atoms with Crippen molar-refractivity contribution < 1.29 is 4.74 Å². The van der Waals surface area contributed by atoms with E-state index in [1.165, 1.54) is 16.0 Å². The fourth-order valence-corrected chi connectivity index (χ4v) is 2.60. The number of hydrogen-bond donors (Lipinski definition) is 1. The second-order valence-electron chi connectivity index (χ2n) is 4.55. The van der Waals surface area contributed by atoms with E-state index in [9.17, 15) is 0 Å². The molecule has 1 heterocycles. The average molecular weight is 261 g/mol. The van der Waals surface area contributed by atoms with E-state index in [1.54, 1.807) is 11.3 Å². The molecule has 1 aromatic heterocycles. The van der Waals surface area contributed by atoms with Crippen LogP contribution in [0.15, 0.2) is 35.7 Å². The van der Waals surface area contributed by atoms with Crippen LogP contribution in [0.25, 0.3) is 0 Å². The molecule has 0 radical (unpaired) electrons. The van der Waals surface area contributed by atoms with E-state index < -0.39 is 0 Å². The summed E-state index contributed by atoms with van der Waals surface area (Å²) in [6.07, 6.45) is 0.837. The van der Waals surface area contributed by atoms with E-state index in [1.807, 2.05) is 18.2 Å². The standard InChI is InChI=1S/C15H19NOS/c1-11-4-3-5-14(8-11)17-7-6-15(16)13-9-12(2)18-10-13/h3-5,8-10,15H,6-7,16H2,1-2H3. The van der Waals surface area contributed by atoms with Gasteiger partial charge >= 0.3 is 0 Å². The smallest absolute Gasteiger partial charge is 0.119 e. The minimum atomic E-state index is 0.0692. The van der Waals surface area contributed by atoms with Crippen LogP contribution in [-0.2, 0) is 0 Å². The summed E-state index contributed by atoms with van der Waals surface area (Å²) in [6, 6.07) is 10.3. The Balaban J connectivity index is 1.82. The highest BCUT2D eigenvalue weighted by Crippen LogP contribution is 2.21. The molecule has 0 bridgehead atoms. The molecule has 0 aliphatic carbocycles. The summed E-state index contributed by atoms with van der Waals surface area (Å²) in [6.45, 7) is 4.82. The van der Waals surface area contributed by atoms with Crippen LogP contribution >= 0.6 is 11.3 Å². The van der Waals surface area contributed by atoms with Crippen LogP contribution in [0.5, 0.6) is 5.75 Å². The molecule has 1 atom stereocenters. The topological polar surface area (TPSA) is 35.2 Å². The number of ether oxygens (including phenoxy) is 1. The first-order chi connectivity index (χ1) is 8.65. The SMILES string of the molecule is Cc1cccc(OCCC(N)c2csc(C)c2)c1. The van der Waals surface area contributed by atoms with Crippen LogP contribution in [0.3, 0.4) is 0 Å². The summed E-state index contributed by atoms with van der Waals surface area (Å²) in [5.74, 6) is 0.920. The van der Waals surface area contributed by atoms with Crippen molar-refractivity contribution in [3.8, 4) is 5.75 Å². The lowest BCUT2D eigenvalue weighted by atomic mass is 10.1. The van der Waals surface area contributed by atoms with Gasteiger partial charge in [0, 0.05) is 17.3 Å². The molecule has 2 rings (SSSR count). The first-order valence-electron chi connectivity index (χ1n) is 6.15. The number of hydrogen-bond acceptors (Lipinski definition) is 3. The van der Waals surface area contributed by atoms with Gasteiger partial charge in [0.05, 0.1) is 6.61 Å². The van der Waals surface area contributed by atoms with Crippen molar-refractivity contribution in [1.29, 1.82) is 0 Å². The molecule has 3 heteroatoms. The van der Waals surface area contributed by atoms with Crippen molar-refractivity contribution >= 4 is 11.3 Å². The lowest BCUT2D eigenvalue weighted by Crippen LogP contribution is -2.13. The van der Waals surface area contributed by atoms with Crippen LogP contribution in [-0.4, -0.2) is 6.61 Å². The van der Waals surface area contributed by atoms with Gasteiger partial charge in [0.1, 0.15) is 5.75 Å². The third-order valence-electron chi connectivity index (χ3n) is 2.87. The van der Waals surface area contributed by atoms with Gasteiger partial charge < -0.3 is 10.5 Å². The molecule has 0 aliphatic rings. The monoisotopic (exact) mass is 261 g/mol. The summed E-state index contributed by atoms with van der Waals surface area (Å²) in [7, 11) is 0. The van der Waals surface area contributed by atoms with Crippen LogP contribution < -0.4 is 10.5 Å². The third-order valence-corrected chi connectivity index (χ3v) is 3.75. The first-order valence-corrected chi connectivity index (χ1v) is 7.03. The lowest BCUT2D eigenvalue weighted by Gasteiger charge is -2.11. The van der Waals surface area contributed by atoms with Crippen molar-refractivity contribution in [2.75, 3.05) is 6.61 Å². The molecule has 0 fully saturated rings. The van der Waals surface area contributed by atoms with Crippen molar-refractivity contribution in [3.05, 3.63) is 51.7 Å². The molecular weight excluding hydrogens is 242 g/mol. The van der Waals surface area contributed by atoms with E-state index in [4.69, 9.17) is 10.5 Å². The summed E-state index contributed by atoms with van der Waals surface area (Å²) in [5, 5.41) is 2.13. The van der Waals surface area contributed by atoms with E-state index in [2.05, 4.69) is 31.4 Å². The van der Waals surface area contributed by atoms with E-state index in [-0.39, 0.29) is 6.04 Å². The van der Waals surface area contributed by atoms with Crippen molar-refractivity contribution in [2.45, 2.75) is 26.3 Å². The highest BCUT2D eigenvalue weighted by atomic mass is 32.1. The van der Waals surface area contributed by atoms with Gasteiger partial charge in [0.15, 0.2) is 0 Å². The van der Waals surface area contributed by atoms with Crippen molar-refractivity contribution in [3.63, 3.8) is 0 Å². The quantitative estimate of drug-likeness (QED) is 0.887. The lowest BCUT2D eigenvalue weighted by molar-refractivity contribution is 0.298. The first kappa shape index (κ1) is 13.1. The largest absolute Gasteiger partial charge is 0.494 e. The third kappa shape index (κ3) is 3.59. The van der Waals surface area contributed by atoms with E-state index in [0.29, 0.717) is 6.61 Å². The molecule has 2 nitrogen and oxygen atoms in total. The molecule has 1 unspecified atom stereocenters. The summed E-state index contributed by atoms with van der Waals surface area (Å²) >= 11 is 1.74. The molecule has 0 aliphatic heterocycles. The molecule has 0 amide bonds. The molecule has 0 saturated carbocycles. The van der Waals surface area contributed by atoms with Gasteiger partial charge in [-0.3, -0.25) is 0 Å². The Labute approximate surface area is 112 Å². The maximum Gasteiger partial charge on any atom is 0.119 e. The van der Waals surface area contributed by atoms with Gasteiger partial charge in [0.25, 0.3) is 0 Å².